The first kappa shape index (κ1) is 33.4. The van der Waals surface area contributed by atoms with Gasteiger partial charge in [-0.3, -0.25) is 14.7 Å². The van der Waals surface area contributed by atoms with Crippen molar-refractivity contribution in [1.82, 2.24) is 25.0 Å². The second-order valence-electron chi connectivity index (χ2n) is 12.1. The fraction of sp³-hybridized carbons (Fsp3) is 0.500. The van der Waals surface area contributed by atoms with E-state index in [-0.39, 0.29) is 32.7 Å². The van der Waals surface area contributed by atoms with Crippen LogP contribution in [-0.4, -0.2) is 100 Å². The van der Waals surface area contributed by atoms with Crippen molar-refractivity contribution >= 4 is 48.6 Å². The van der Waals surface area contributed by atoms with E-state index in [1.54, 1.807) is 50.9 Å². The Morgan fingerprint density at radius 3 is 2.68 bits per heavy atom. The molecule has 3 aliphatic rings. The zero-order valence-electron chi connectivity index (χ0n) is 25.5. The van der Waals surface area contributed by atoms with E-state index >= 15 is 0 Å². The SMILES string of the molecule is CCOC(=O)C1=C(CN2CCN3C(=O)N(CC(C)(C)C(=O)O)CC3(C)C2)NC(c2nccs2)=N[C@H]1c1cccc(F)c1C.S. The number of nitrogens with zero attached hydrogens (tertiary/aromatic N) is 5. The van der Waals surface area contributed by atoms with Gasteiger partial charge in [0.25, 0.3) is 0 Å². The molecule has 0 saturated carbocycles. The summed E-state index contributed by atoms with van der Waals surface area (Å²) in [6.07, 6.45) is 1.67. The van der Waals surface area contributed by atoms with Gasteiger partial charge in [-0.25, -0.2) is 19.0 Å². The van der Waals surface area contributed by atoms with Gasteiger partial charge in [0.1, 0.15) is 11.9 Å². The molecule has 4 heterocycles. The van der Waals surface area contributed by atoms with E-state index in [9.17, 15) is 23.9 Å². The maximum absolute atomic E-state index is 14.7. The van der Waals surface area contributed by atoms with Crippen molar-refractivity contribution in [3.8, 4) is 0 Å². The first-order chi connectivity index (χ1) is 20.3. The maximum atomic E-state index is 14.7. The quantitative estimate of drug-likeness (QED) is 0.397. The predicted molar refractivity (Wildman–Crippen MR) is 170 cm³/mol. The van der Waals surface area contributed by atoms with Crippen LogP contribution < -0.4 is 5.32 Å². The third kappa shape index (κ3) is 6.33. The van der Waals surface area contributed by atoms with E-state index in [0.29, 0.717) is 66.0 Å². The summed E-state index contributed by atoms with van der Waals surface area (Å²) < 4.78 is 20.2. The molecule has 2 saturated heterocycles. The summed E-state index contributed by atoms with van der Waals surface area (Å²) in [5, 5.41) is 15.4. The van der Waals surface area contributed by atoms with E-state index in [0.717, 1.165) is 0 Å². The molecule has 2 fully saturated rings. The van der Waals surface area contributed by atoms with Crippen molar-refractivity contribution in [3.05, 3.63) is 63.0 Å². The first-order valence-corrected chi connectivity index (χ1v) is 15.1. The standard InChI is InChI=1S/C30H37FN6O5S.H2S/c1-6-42-26(38)22-21(33-24(25-32-10-13-43-25)34-23(22)19-8-7-9-20(31)18(19)2)14-35-11-12-37-28(41)36(17-30(37,5)16-35)15-29(3,4)27(39)40;/h7-10,13,23H,6,11-12,14-17H2,1-5H3,(H,33,34)(H,39,40);1H2/t23-,30?;/m0./s1. The van der Waals surface area contributed by atoms with Crippen molar-refractivity contribution < 1.29 is 28.6 Å². The summed E-state index contributed by atoms with van der Waals surface area (Å²) in [5.41, 5.74) is 0.196. The molecule has 0 spiro atoms. The number of rotatable bonds is 9. The molecule has 2 amide bonds. The van der Waals surface area contributed by atoms with Crippen LogP contribution in [0.1, 0.15) is 49.9 Å². The normalized spacial score (nSPS) is 22.3. The number of piperazine rings is 1. The molecule has 14 heteroatoms. The van der Waals surface area contributed by atoms with E-state index in [1.165, 1.54) is 17.4 Å². The Labute approximate surface area is 267 Å². The van der Waals surface area contributed by atoms with Crippen molar-refractivity contribution in [2.75, 3.05) is 45.9 Å². The van der Waals surface area contributed by atoms with Gasteiger partial charge < -0.3 is 25.0 Å². The molecular formula is C30H39FN6O5S2. The van der Waals surface area contributed by atoms with Crippen LogP contribution in [0.4, 0.5) is 9.18 Å². The average molecular weight is 647 g/mol. The zero-order chi connectivity index (χ0) is 31.1. The molecule has 1 aromatic heterocycles. The number of fused-ring (bicyclic) bond motifs is 1. The van der Waals surface area contributed by atoms with Crippen molar-refractivity contribution in [2.24, 2.45) is 10.4 Å². The van der Waals surface area contributed by atoms with Gasteiger partial charge in [0.05, 0.1) is 23.1 Å². The highest BCUT2D eigenvalue weighted by atomic mass is 32.1. The molecule has 11 nitrogen and oxygen atoms in total. The highest BCUT2D eigenvalue weighted by molar-refractivity contribution is 7.59. The smallest absolute Gasteiger partial charge is 0.338 e. The van der Waals surface area contributed by atoms with E-state index in [4.69, 9.17) is 9.73 Å². The van der Waals surface area contributed by atoms with Gasteiger partial charge in [0.15, 0.2) is 10.8 Å². The fourth-order valence-corrected chi connectivity index (χ4v) is 6.65. The average Bonchev–Trinajstić information content (AvgIpc) is 3.56. The second-order valence-corrected chi connectivity index (χ2v) is 13.0. The van der Waals surface area contributed by atoms with Crippen molar-refractivity contribution in [3.63, 3.8) is 0 Å². The number of carbonyl (C=O) groups is 3. The highest BCUT2D eigenvalue weighted by Crippen LogP contribution is 2.37. The number of esters is 1. The number of carbonyl (C=O) groups excluding carboxylic acids is 2. The highest BCUT2D eigenvalue weighted by Gasteiger charge is 2.51. The van der Waals surface area contributed by atoms with Gasteiger partial charge in [0, 0.05) is 56.5 Å². The van der Waals surface area contributed by atoms with E-state index < -0.39 is 34.8 Å². The molecule has 2 N–H and O–H groups in total. The fourth-order valence-electron chi connectivity index (χ4n) is 6.06. The van der Waals surface area contributed by atoms with Gasteiger partial charge in [-0.05, 0) is 51.8 Å². The lowest BCUT2D eigenvalue weighted by molar-refractivity contribution is -0.147. The Morgan fingerprint density at radius 1 is 1.27 bits per heavy atom. The molecule has 3 aliphatic heterocycles. The number of carboxylic acid groups (broad SMARTS) is 1. The van der Waals surface area contributed by atoms with Gasteiger partial charge in [0.2, 0.25) is 0 Å². The maximum Gasteiger partial charge on any atom is 0.338 e. The molecule has 0 radical (unpaired) electrons. The molecular weight excluding hydrogens is 607 g/mol. The summed E-state index contributed by atoms with van der Waals surface area (Å²) >= 11 is 1.40. The number of amidine groups is 1. The Hall–Kier alpha value is -3.49. The number of ether oxygens (including phenoxy) is 1. The molecule has 238 valence electrons. The first-order valence-electron chi connectivity index (χ1n) is 14.3. The number of benzene rings is 1. The lowest BCUT2D eigenvalue weighted by Crippen LogP contribution is -2.60. The van der Waals surface area contributed by atoms with Crippen LogP contribution in [0, 0.1) is 18.2 Å². The minimum absolute atomic E-state index is 0. The third-order valence-corrected chi connectivity index (χ3v) is 9.08. The summed E-state index contributed by atoms with van der Waals surface area (Å²) in [7, 11) is 0. The lowest BCUT2D eigenvalue weighted by Gasteiger charge is -2.44. The number of thiazole rings is 1. The van der Waals surface area contributed by atoms with Crippen LogP contribution in [0.25, 0.3) is 0 Å². The summed E-state index contributed by atoms with van der Waals surface area (Å²) in [4.78, 5) is 53.4. The summed E-state index contributed by atoms with van der Waals surface area (Å²) in [6, 6.07) is 3.77. The molecule has 0 bridgehead atoms. The molecule has 1 aromatic carbocycles. The van der Waals surface area contributed by atoms with Crippen LogP contribution in [0.2, 0.25) is 0 Å². The van der Waals surface area contributed by atoms with Crippen molar-refractivity contribution in [1.29, 1.82) is 0 Å². The number of urea groups is 1. The number of aromatic nitrogens is 1. The summed E-state index contributed by atoms with van der Waals surface area (Å²) in [5.74, 6) is -1.41. The van der Waals surface area contributed by atoms with Gasteiger partial charge >= 0.3 is 18.0 Å². The molecule has 2 aromatic rings. The lowest BCUT2D eigenvalue weighted by atomic mass is 9.91. The summed E-state index contributed by atoms with van der Waals surface area (Å²) in [6.45, 7) is 11.1. The second kappa shape index (κ2) is 12.9. The molecule has 44 heavy (non-hydrogen) atoms. The molecule has 0 aliphatic carbocycles. The number of hydrogen-bond donors (Lipinski definition) is 2. The molecule has 1 unspecified atom stereocenters. The number of hydrogen-bond acceptors (Lipinski definition) is 9. The van der Waals surface area contributed by atoms with E-state index in [1.807, 2.05) is 17.2 Å². The van der Waals surface area contributed by atoms with Gasteiger partial charge in [-0.1, -0.05) is 12.1 Å². The number of aliphatic carboxylic acids is 1. The molecule has 2 atom stereocenters. The topological polar surface area (TPSA) is 128 Å². The van der Waals surface area contributed by atoms with Crippen LogP contribution in [-0.2, 0) is 14.3 Å². The zero-order valence-corrected chi connectivity index (χ0v) is 27.3. The van der Waals surface area contributed by atoms with Gasteiger partial charge in [-0.2, -0.15) is 13.5 Å². The third-order valence-electron chi connectivity index (χ3n) is 8.30. The Balaban J connectivity index is 0.00000442. The number of halogens is 1. The van der Waals surface area contributed by atoms with Gasteiger partial charge in [-0.15, -0.1) is 11.3 Å². The van der Waals surface area contributed by atoms with Crippen LogP contribution >= 0.6 is 24.8 Å². The minimum Gasteiger partial charge on any atom is -0.481 e. The minimum atomic E-state index is -1.08. The van der Waals surface area contributed by atoms with E-state index in [2.05, 4.69) is 15.2 Å². The number of carboxylic acids is 1. The predicted octanol–water partition coefficient (Wildman–Crippen LogP) is 3.53. The largest absolute Gasteiger partial charge is 0.481 e. The Bertz CT molecular complexity index is 1500. The monoisotopic (exact) mass is 646 g/mol. The number of aliphatic imine (C=N–C) groups is 1. The number of nitrogens with one attached hydrogen (secondary N) is 1. The van der Waals surface area contributed by atoms with Crippen LogP contribution in [0.5, 0.6) is 0 Å². The Kier molecular flexibility index (Phi) is 9.76. The number of amides is 2. The van der Waals surface area contributed by atoms with Crippen molar-refractivity contribution in [2.45, 2.75) is 46.2 Å². The molecule has 5 rings (SSSR count). The van der Waals surface area contributed by atoms with Crippen LogP contribution in [0.15, 0.2) is 46.0 Å². The Morgan fingerprint density at radius 2 is 2.02 bits per heavy atom. The van der Waals surface area contributed by atoms with Crippen LogP contribution in [0.3, 0.4) is 0 Å².